The van der Waals surface area contributed by atoms with E-state index < -0.39 is 17.2 Å². The standard InChI is InChI=1S/C24H31N3O5/c1-32-23(30)18-11-12-19-20(16-18)26-24(31)27(22(19)29)15-7-3-6-10-21(28)25-14-13-17-8-4-2-5-9-17/h8,11-12,16H,2-7,9-10,13-15H2,1H3,(H,25,28)(H,26,31). The maximum Gasteiger partial charge on any atom is 0.337 e. The Kier molecular flexibility index (Phi) is 8.41. The predicted molar refractivity (Wildman–Crippen MR) is 123 cm³/mol. The molecule has 32 heavy (non-hydrogen) atoms. The number of ether oxygens (including phenoxy) is 1. The van der Waals surface area contributed by atoms with E-state index in [2.05, 4.69) is 21.1 Å². The normalized spacial score (nSPS) is 13.6. The molecule has 2 N–H and O–H groups in total. The van der Waals surface area contributed by atoms with E-state index in [-0.39, 0.29) is 18.0 Å². The molecule has 0 saturated heterocycles. The number of unbranched alkanes of at least 4 members (excludes halogenated alkanes) is 2. The Bertz CT molecular complexity index is 1110. The van der Waals surface area contributed by atoms with Crippen LogP contribution in [0.5, 0.6) is 0 Å². The third-order valence-electron chi connectivity index (χ3n) is 5.84. The topological polar surface area (TPSA) is 110 Å². The van der Waals surface area contributed by atoms with Crippen LogP contribution in [-0.4, -0.2) is 35.1 Å². The molecule has 1 amide bonds. The van der Waals surface area contributed by atoms with Gasteiger partial charge in [0, 0.05) is 19.5 Å². The van der Waals surface area contributed by atoms with Gasteiger partial charge in [-0.25, -0.2) is 9.59 Å². The molecule has 8 nitrogen and oxygen atoms in total. The Balaban J connectivity index is 1.45. The van der Waals surface area contributed by atoms with Crippen LogP contribution < -0.4 is 16.6 Å². The first-order valence-electron chi connectivity index (χ1n) is 11.3. The summed E-state index contributed by atoms with van der Waals surface area (Å²) >= 11 is 0. The van der Waals surface area contributed by atoms with Crippen molar-refractivity contribution in [3.05, 3.63) is 56.2 Å². The first kappa shape index (κ1) is 23.5. The summed E-state index contributed by atoms with van der Waals surface area (Å²) < 4.78 is 5.83. The Hall–Kier alpha value is -3.16. The maximum absolute atomic E-state index is 12.7. The largest absolute Gasteiger partial charge is 0.465 e. The molecule has 0 spiro atoms. The lowest BCUT2D eigenvalue weighted by molar-refractivity contribution is -0.121. The summed E-state index contributed by atoms with van der Waals surface area (Å²) in [6, 6.07) is 4.46. The third-order valence-corrected chi connectivity index (χ3v) is 5.84. The maximum atomic E-state index is 12.7. The van der Waals surface area contributed by atoms with Crippen molar-refractivity contribution in [1.82, 2.24) is 14.9 Å². The number of benzene rings is 1. The second-order valence-corrected chi connectivity index (χ2v) is 8.16. The molecule has 0 bridgehead atoms. The van der Waals surface area contributed by atoms with Crippen LogP contribution in [0.15, 0.2) is 39.4 Å². The van der Waals surface area contributed by atoms with E-state index in [4.69, 9.17) is 0 Å². The van der Waals surface area contributed by atoms with E-state index in [1.165, 1.54) is 43.7 Å². The summed E-state index contributed by atoms with van der Waals surface area (Å²) in [5, 5.41) is 3.31. The molecular formula is C24H31N3O5. The van der Waals surface area contributed by atoms with Crippen molar-refractivity contribution in [2.75, 3.05) is 13.7 Å². The van der Waals surface area contributed by atoms with Crippen molar-refractivity contribution < 1.29 is 14.3 Å². The zero-order valence-corrected chi connectivity index (χ0v) is 18.6. The predicted octanol–water partition coefficient (Wildman–Crippen LogP) is 3.04. The minimum atomic E-state index is -0.535. The third kappa shape index (κ3) is 6.18. The number of rotatable bonds is 10. The average Bonchev–Trinajstić information content (AvgIpc) is 2.80. The lowest BCUT2D eigenvalue weighted by atomic mass is 9.97. The summed E-state index contributed by atoms with van der Waals surface area (Å²) in [5.41, 5.74) is 1.11. The second kappa shape index (κ2) is 11.5. The van der Waals surface area contributed by atoms with Crippen molar-refractivity contribution in [3.8, 4) is 0 Å². The summed E-state index contributed by atoms with van der Waals surface area (Å²) in [6.45, 7) is 0.961. The van der Waals surface area contributed by atoms with Gasteiger partial charge in [-0.2, -0.15) is 0 Å². The number of nitrogens with one attached hydrogen (secondary N) is 2. The number of allylic oxidation sites excluding steroid dienone is 1. The molecule has 3 rings (SSSR count). The van der Waals surface area contributed by atoms with Crippen LogP contribution >= 0.6 is 0 Å². The van der Waals surface area contributed by atoms with Crippen molar-refractivity contribution in [2.24, 2.45) is 0 Å². The zero-order valence-electron chi connectivity index (χ0n) is 18.6. The Morgan fingerprint density at radius 2 is 2.00 bits per heavy atom. The van der Waals surface area contributed by atoms with E-state index >= 15 is 0 Å². The number of methoxy groups -OCH3 is 1. The fourth-order valence-electron chi connectivity index (χ4n) is 4.02. The fourth-order valence-corrected chi connectivity index (χ4v) is 4.02. The highest BCUT2D eigenvalue weighted by Gasteiger charge is 2.12. The molecule has 0 radical (unpaired) electrons. The monoisotopic (exact) mass is 441 g/mol. The molecule has 0 saturated carbocycles. The number of hydrogen-bond acceptors (Lipinski definition) is 5. The number of H-pyrrole nitrogens is 1. The molecule has 1 aromatic carbocycles. The van der Waals surface area contributed by atoms with Gasteiger partial charge in [0.1, 0.15) is 0 Å². The highest BCUT2D eigenvalue weighted by molar-refractivity contribution is 5.93. The number of nitrogens with zero attached hydrogens (tertiary/aromatic N) is 1. The minimum absolute atomic E-state index is 0.0449. The molecular weight excluding hydrogens is 410 g/mol. The zero-order chi connectivity index (χ0) is 22.9. The number of fused-ring (bicyclic) bond motifs is 1. The average molecular weight is 442 g/mol. The molecule has 0 aliphatic heterocycles. The quantitative estimate of drug-likeness (QED) is 0.335. The number of esters is 1. The van der Waals surface area contributed by atoms with E-state index in [1.54, 1.807) is 0 Å². The molecule has 8 heteroatoms. The Labute approximate surface area is 186 Å². The number of hydrogen-bond donors (Lipinski definition) is 2. The van der Waals surface area contributed by atoms with Crippen molar-refractivity contribution in [1.29, 1.82) is 0 Å². The van der Waals surface area contributed by atoms with Gasteiger partial charge in [-0.05, 0) is 63.1 Å². The van der Waals surface area contributed by atoms with Crippen LogP contribution in [-0.2, 0) is 16.1 Å². The van der Waals surface area contributed by atoms with Crippen LogP contribution in [0.2, 0.25) is 0 Å². The Morgan fingerprint density at radius 1 is 1.16 bits per heavy atom. The van der Waals surface area contributed by atoms with Gasteiger partial charge in [0.05, 0.1) is 23.6 Å². The smallest absolute Gasteiger partial charge is 0.337 e. The van der Waals surface area contributed by atoms with E-state index in [0.717, 1.165) is 30.3 Å². The summed E-state index contributed by atoms with van der Waals surface area (Å²) in [4.78, 5) is 51.3. The van der Waals surface area contributed by atoms with Crippen molar-refractivity contribution in [2.45, 2.75) is 64.3 Å². The highest BCUT2D eigenvalue weighted by Crippen LogP contribution is 2.19. The van der Waals surface area contributed by atoms with Crippen LogP contribution in [0.4, 0.5) is 0 Å². The van der Waals surface area contributed by atoms with Gasteiger partial charge in [0.15, 0.2) is 0 Å². The number of carbonyl (C=O) groups excluding carboxylic acids is 2. The molecule has 0 unspecified atom stereocenters. The highest BCUT2D eigenvalue weighted by atomic mass is 16.5. The molecule has 1 aliphatic rings. The first-order chi connectivity index (χ1) is 15.5. The van der Waals surface area contributed by atoms with Gasteiger partial charge in [-0.3, -0.25) is 14.2 Å². The molecule has 0 fully saturated rings. The number of amides is 1. The van der Waals surface area contributed by atoms with E-state index in [9.17, 15) is 19.2 Å². The summed E-state index contributed by atoms with van der Waals surface area (Å²) in [7, 11) is 1.27. The number of aromatic nitrogens is 2. The lowest BCUT2D eigenvalue weighted by Crippen LogP contribution is -2.35. The molecule has 1 heterocycles. The van der Waals surface area contributed by atoms with Gasteiger partial charge in [-0.15, -0.1) is 0 Å². The van der Waals surface area contributed by atoms with Gasteiger partial charge in [0.2, 0.25) is 5.91 Å². The van der Waals surface area contributed by atoms with Crippen LogP contribution in [0, 0.1) is 0 Å². The van der Waals surface area contributed by atoms with Gasteiger partial charge in [-0.1, -0.05) is 18.1 Å². The van der Waals surface area contributed by atoms with Crippen molar-refractivity contribution >= 4 is 22.8 Å². The fraction of sp³-hybridized carbons (Fsp3) is 0.500. The summed E-state index contributed by atoms with van der Waals surface area (Å²) in [5.74, 6) is -0.490. The van der Waals surface area contributed by atoms with Crippen LogP contribution in [0.3, 0.4) is 0 Å². The minimum Gasteiger partial charge on any atom is -0.465 e. The molecule has 2 aromatic rings. The van der Waals surface area contributed by atoms with Crippen LogP contribution in [0.25, 0.3) is 10.9 Å². The second-order valence-electron chi connectivity index (χ2n) is 8.16. The first-order valence-corrected chi connectivity index (χ1v) is 11.3. The van der Waals surface area contributed by atoms with Crippen molar-refractivity contribution in [3.63, 3.8) is 0 Å². The molecule has 1 aromatic heterocycles. The van der Waals surface area contributed by atoms with Gasteiger partial charge in [0.25, 0.3) is 5.56 Å². The lowest BCUT2D eigenvalue weighted by Gasteiger charge is -2.13. The summed E-state index contributed by atoms with van der Waals surface area (Å²) in [6.07, 6.45) is 10.6. The van der Waals surface area contributed by atoms with Crippen LogP contribution in [0.1, 0.15) is 68.1 Å². The van der Waals surface area contributed by atoms with Gasteiger partial charge >= 0.3 is 11.7 Å². The molecule has 172 valence electrons. The van der Waals surface area contributed by atoms with Gasteiger partial charge < -0.3 is 15.0 Å². The SMILES string of the molecule is COC(=O)c1ccc2c(=O)n(CCCCCC(=O)NCCC3=CCCCC3)c(=O)[nH]c2c1. The van der Waals surface area contributed by atoms with E-state index in [1.807, 2.05) is 0 Å². The Morgan fingerprint density at radius 3 is 2.75 bits per heavy atom. The molecule has 1 aliphatic carbocycles. The number of aromatic amines is 1. The van der Waals surface area contributed by atoms with E-state index in [0.29, 0.717) is 36.7 Å². The number of carbonyl (C=O) groups is 2. The molecule has 0 atom stereocenters.